The number of thiazole rings is 1. The van der Waals surface area contributed by atoms with Gasteiger partial charge in [-0.2, -0.15) is 0 Å². The standard InChI is InChI=1S/C17H24N2O3S/c1-16(2)8-11-14(12(20)9-16)23-15(18-11)19-13(21)10-17(22)6-4-3-5-7-17/h22H,3-10H2,1-2H3,(H,18,19,21). The third kappa shape index (κ3) is 3.80. The van der Waals surface area contributed by atoms with Crippen LogP contribution in [0.3, 0.4) is 0 Å². The van der Waals surface area contributed by atoms with Gasteiger partial charge in [-0.15, -0.1) is 0 Å². The lowest BCUT2D eigenvalue weighted by Gasteiger charge is -2.31. The predicted octanol–water partition coefficient (Wildman–Crippen LogP) is 3.32. The molecule has 0 unspecified atom stereocenters. The third-order valence-electron chi connectivity index (χ3n) is 4.76. The molecular weight excluding hydrogens is 312 g/mol. The summed E-state index contributed by atoms with van der Waals surface area (Å²) in [7, 11) is 0. The minimum atomic E-state index is -0.878. The zero-order chi connectivity index (χ0) is 16.7. The fourth-order valence-electron chi connectivity index (χ4n) is 3.62. The highest BCUT2D eigenvalue weighted by Crippen LogP contribution is 2.38. The molecule has 2 N–H and O–H groups in total. The number of Topliss-reactive ketones (excluding diaryl/α,β-unsaturated/α-hetero) is 1. The Labute approximate surface area is 140 Å². The number of nitrogens with zero attached hydrogens (tertiary/aromatic N) is 1. The van der Waals surface area contributed by atoms with Gasteiger partial charge in [0, 0.05) is 6.42 Å². The van der Waals surface area contributed by atoms with E-state index in [-0.39, 0.29) is 23.5 Å². The molecule has 0 spiro atoms. The Hall–Kier alpha value is -1.27. The second-order valence-electron chi connectivity index (χ2n) is 7.75. The number of carbonyl (C=O) groups excluding carboxylic acids is 2. The van der Waals surface area contributed by atoms with E-state index in [1.54, 1.807) is 0 Å². The van der Waals surface area contributed by atoms with Crippen LogP contribution in [-0.4, -0.2) is 27.4 Å². The van der Waals surface area contributed by atoms with Gasteiger partial charge in [-0.05, 0) is 24.7 Å². The van der Waals surface area contributed by atoms with Crippen molar-refractivity contribution in [3.05, 3.63) is 10.6 Å². The average molecular weight is 336 g/mol. The molecule has 0 aliphatic heterocycles. The molecular formula is C17H24N2O3S. The lowest BCUT2D eigenvalue weighted by Crippen LogP contribution is -2.35. The Morgan fingerprint density at radius 2 is 1.96 bits per heavy atom. The molecule has 1 heterocycles. The summed E-state index contributed by atoms with van der Waals surface area (Å²) in [5.41, 5.74) is -0.156. The number of hydrogen-bond donors (Lipinski definition) is 2. The molecule has 2 aliphatic rings. The molecule has 1 fully saturated rings. The number of anilines is 1. The Morgan fingerprint density at radius 3 is 2.65 bits per heavy atom. The molecule has 126 valence electrons. The SMILES string of the molecule is CC1(C)CC(=O)c2sc(NC(=O)CC3(O)CCCCC3)nc2C1. The van der Waals surface area contributed by atoms with Crippen molar-refractivity contribution in [1.82, 2.24) is 4.98 Å². The van der Waals surface area contributed by atoms with Gasteiger partial charge in [-0.25, -0.2) is 4.98 Å². The predicted molar refractivity (Wildman–Crippen MR) is 89.8 cm³/mol. The van der Waals surface area contributed by atoms with Crippen molar-refractivity contribution >= 4 is 28.2 Å². The molecule has 1 aromatic heterocycles. The maximum absolute atomic E-state index is 12.2. The maximum Gasteiger partial charge on any atom is 0.229 e. The number of nitrogens with one attached hydrogen (secondary N) is 1. The molecule has 2 aliphatic carbocycles. The van der Waals surface area contributed by atoms with Crippen molar-refractivity contribution in [2.45, 2.75) is 70.8 Å². The molecule has 0 radical (unpaired) electrons. The zero-order valence-electron chi connectivity index (χ0n) is 13.8. The maximum atomic E-state index is 12.2. The molecule has 0 bridgehead atoms. The number of aromatic nitrogens is 1. The van der Waals surface area contributed by atoms with Crippen molar-refractivity contribution in [3.8, 4) is 0 Å². The minimum Gasteiger partial charge on any atom is -0.389 e. The first-order valence-electron chi connectivity index (χ1n) is 8.32. The number of aliphatic hydroxyl groups is 1. The van der Waals surface area contributed by atoms with E-state index in [9.17, 15) is 14.7 Å². The van der Waals surface area contributed by atoms with Crippen LogP contribution in [0.4, 0.5) is 5.13 Å². The topological polar surface area (TPSA) is 79.3 Å². The van der Waals surface area contributed by atoms with Crippen LogP contribution in [0.5, 0.6) is 0 Å². The number of hydrogen-bond acceptors (Lipinski definition) is 5. The molecule has 6 heteroatoms. The highest BCUT2D eigenvalue weighted by Gasteiger charge is 2.35. The third-order valence-corrected chi connectivity index (χ3v) is 5.81. The van der Waals surface area contributed by atoms with E-state index in [4.69, 9.17) is 0 Å². The number of fused-ring (bicyclic) bond motifs is 1. The van der Waals surface area contributed by atoms with Gasteiger partial charge in [-0.1, -0.05) is 44.4 Å². The highest BCUT2D eigenvalue weighted by molar-refractivity contribution is 7.17. The average Bonchev–Trinajstić information content (AvgIpc) is 2.79. The van der Waals surface area contributed by atoms with Crippen LogP contribution in [0.1, 0.15) is 74.2 Å². The van der Waals surface area contributed by atoms with E-state index in [1.807, 2.05) is 0 Å². The number of rotatable bonds is 3. The van der Waals surface area contributed by atoms with E-state index in [1.165, 1.54) is 11.3 Å². The van der Waals surface area contributed by atoms with E-state index in [0.717, 1.165) is 31.4 Å². The lowest BCUT2D eigenvalue weighted by molar-refractivity contribution is -0.122. The molecule has 1 aromatic rings. The van der Waals surface area contributed by atoms with Crippen LogP contribution < -0.4 is 5.32 Å². The molecule has 5 nitrogen and oxygen atoms in total. The van der Waals surface area contributed by atoms with Gasteiger partial charge in [0.2, 0.25) is 5.91 Å². The van der Waals surface area contributed by atoms with Crippen molar-refractivity contribution in [1.29, 1.82) is 0 Å². The number of carbonyl (C=O) groups is 2. The Kier molecular flexibility index (Phi) is 4.31. The Bertz CT molecular complexity index is 630. The van der Waals surface area contributed by atoms with Crippen molar-refractivity contribution in [3.63, 3.8) is 0 Å². The summed E-state index contributed by atoms with van der Waals surface area (Å²) in [6.45, 7) is 4.12. The second kappa shape index (κ2) is 5.98. The quantitative estimate of drug-likeness (QED) is 0.887. The summed E-state index contributed by atoms with van der Waals surface area (Å²) in [5, 5.41) is 13.7. The Morgan fingerprint density at radius 1 is 1.26 bits per heavy atom. The van der Waals surface area contributed by atoms with Gasteiger partial charge in [0.25, 0.3) is 0 Å². The second-order valence-corrected chi connectivity index (χ2v) is 8.74. The minimum absolute atomic E-state index is 0.0727. The number of amides is 1. The first-order chi connectivity index (χ1) is 10.8. The summed E-state index contributed by atoms with van der Waals surface area (Å²) in [4.78, 5) is 29.5. The molecule has 1 saturated carbocycles. The van der Waals surface area contributed by atoms with Crippen LogP contribution in [0.25, 0.3) is 0 Å². The van der Waals surface area contributed by atoms with Gasteiger partial charge in [-0.3, -0.25) is 9.59 Å². The van der Waals surface area contributed by atoms with E-state index < -0.39 is 5.60 Å². The normalized spacial score (nSPS) is 22.5. The van der Waals surface area contributed by atoms with E-state index in [0.29, 0.717) is 29.3 Å². The van der Waals surface area contributed by atoms with E-state index in [2.05, 4.69) is 24.1 Å². The lowest BCUT2D eigenvalue weighted by atomic mass is 9.78. The summed E-state index contributed by atoms with van der Waals surface area (Å²) >= 11 is 1.26. The molecule has 0 atom stereocenters. The fourth-order valence-corrected chi connectivity index (χ4v) is 4.56. The van der Waals surface area contributed by atoms with Crippen LogP contribution in [0, 0.1) is 5.41 Å². The molecule has 3 rings (SSSR count). The first-order valence-corrected chi connectivity index (χ1v) is 9.13. The van der Waals surface area contributed by atoms with Crippen molar-refractivity contribution < 1.29 is 14.7 Å². The van der Waals surface area contributed by atoms with Crippen LogP contribution in [0.2, 0.25) is 0 Å². The van der Waals surface area contributed by atoms with Gasteiger partial charge >= 0.3 is 0 Å². The summed E-state index contributed by atoms with van der Waals surface area (Å²) in [6, 6.07) is 0. The van der Waals surface area contributed by atoms with Crippen LogP contribution in [-0.2, 0) is 11.2 Å². The smallest absolute Gasteiger partial charge is 0.229 e. The number of ketones is 1. The van der Waals surface area contributed by atoms with Gasteiger partial charge in [0.1, 0.15) is 0 Å². The van der Waals surface area contributed by atoms with Gasteiger partial charge < -0.3 is 10.4 Å². The molecule has 1 amide bonds. The van der Waals surface area contributed by atoms with Crippen molar-refractivity contribution in [2.24, 2.45) is 5.41 Å². The largest absolute Gasteiger partial charge is 0.389 e. The summed E-state index contributed by atoms with van der Waals surface area (Å²) < 4.78 is 0. The molecule has 0 saturated heterocycles. The van der Waals surface area contributed by atoms with Gasteiger partial charge in [0.15, 0.2) is 10.9 Å². The van der Waals surface area contributed by atoms with Crippen LogP contribution >= 0.6 is 11.3 Å². The zero-order valence-corrected chi connectivity index (χ0v) is 14.6. The Balaban J connectivity index is 1.67. The van der Waals surface area contributed by atoms with Gasteiger partial charge in [0.05, 0.1) is 22.6 Å². The fraction of sp³-hybridized carbons (Fsp3) is 0.706. The molecule has 23 heavy (non-hydrogen) atoms. The van der Waals surface area contributed by atoms with Crippen LogP contribution in [0.15, 0.2) is 0 Å². The molecule has 0 aromatic carbocycles. The summed E-state index contributed by atoms with van der Waals surface area (Å²) in [6.07, 6.45) is 5.82. The first kappa shape index (κ1) is 16.6. The highest BCUT2D eigenvalue weighted by atomic mass is 32.1. The summed E-state index contributed by atoms with van der Waals surface area (Å²) in [5.74, 6) is -0.104. The van der Waals surface area contributed by atoms with E-state index >= 15 is 0 Å². The monoisotopic (exact) mass is 336 g/mol. The van der Waals surface area contributed by atoms with Crippen molar-refractivity contribution in [2.75, 3.05) is 5.32 Å².